The standard InChI is InChI=1S/C10H12N2O/c11-8-3-1-2-7(6-8)10-9(13)4-5-12-10/h1-3,6,10,12H,4-5,11H2. The molecule has 1 aliphatic rings. The lowest BCUT2D eigenvalue weighted by molar-refractivity contribution is -0.118. The third kappa shape index (κ3) is 1.55. The molecule has 0 bridgehead atoms. The van der Waals surface area contributed by atoms with Gasteiger partial charge in [-0.2, -0.15) is 0 Å². The maximum Gasteiger partial charge on any atom is 0.155 e. The number of nitrogens with one attached hydrogen (secondary N) is 1. The Hall–Kier alpha value is -1.35. The van der Waals surface area contributed by atoms with Crippen LogP contribution in [-0.4, -0.2) is 12.3 Å². The number of anilines is 1. The van der Waals surface area contributed by atoms with E-state index in [1.807, 2.05) is 24.3 Å². The van der Waals surface area contributed by atoms with Crippen LogP contribution in [0.4, 0.5) is 5.69 Å². The number of nitrogens with two attached hydrogens (primary N) is 1. The highest BCUT2D eigenvalue weighted by molar-refractivity contribution is 5.87. The van der Waals surface area contributed by atoms with Crippen molar-refractivity contribution >= 4 is 11.5 Å². The second-order valence-electron chi connectivity index (χ2n) is 3.27. The number of Topliss-reactive ketones (excluding diaryl/α,β-unsaturated/α-hetero) is 1. The first-order valence-electron chi connectivity index (χ1n) is 4.39. The quantitative estimate of drug-likeness (QED) is 0.624. The molecular formula is C10H12N2O. The molecule has 0 amide bonds. The van der Waals surface area contributed by atoms with Crippen LogP contribution >= 0.6 is 0 Å². The highest BCUT2D eigenvalue weighted by Crippen LogP contribution is 2.21. The molecule has 1 heterocycles. The van der Waals surface area contributed by atoms with Crippen LogP contribution in [0.25, 0.3) is 0 Å². The number of ketones is 1. The summed E-state index contributed by atoms with van der Waals surface area (Å²) in [7, 11) is 0. The van der Waals surface area contributed by atoms with Gasteiger partial charge in [-0.1, -0.05) is 12.1 Å². The zero-order valence-electron chi connectivity index (χ0n) is 7.29. The number of hydrogen-bond donors (Lipinski definition) is 2. The van der Waals surface area contributed by atoms with Crippen molar-refractivity contribution in [3.05, 3.63) is 29.8 Å². The maximum absolute atomic E-state index is 11.4. The Morgan fingerprint density at radius 1 is 1.46 bits per heavy atom. The maximum atomic E-state index is 11.4. The van der Waals surface area contributed by atoms with Crippen LogP contribution in [0.15, 0.2) is 24.3 Å². The minimum Gasteiger partial charge on any atom is -0.399 e. The van der Waals surface area contributed by atoms with E-state index in [9.17, 15) is 4.79 Å². The molecule has 1 unspecified atom stereocenters. The average molecular weight is 176 g/mol. The van der Waals surface area contributed by atoms with E-state index in [0.29, 0.717) is 12.1 Å². The number of benzene rings is 1. The molecule has 3 N–H and O–H groups in total. The van der Waals surface area contributed by atoms with Gasteiger partial charge in [-0.25, -0.2) is 0 Å². The van der Waals surface area contributed by atoms with E-state index in [1.54, 1.807) is 0 Å². The molecular weight excluding hydrogens is 164 g/mol. The summed E-state index contributed by atoms with van der Waals surface area (Å²) < 4.78 is 0. The Morgan fingerprint density at radius 2 is 2.31 bits per heavy atom. The first-order chi connectivity index (χ1) is 6.27. The number of rotatable bonds is 1. The van der Waals surface area contributed by atoms with Crippen molar-refractivity contribution in [1.82, 2.24) is 5.32 Å². The van der Waals surface area contributed by atoms with Crippen molar-refractivity contribution in [3.63, 3.8) is 0 Å². The predicted octanol–water partition coefficient (Wildman–Crippen LogP) is 0.872. The molecule has 0 spiro atoms. The fourth-order valence-electron chi connectivity index (χ4n) is 1.64. The predicted molar refractivity (Wildman–Crippen MR) is 51.2 cm³/mol. The van der Waals surface area contributed by atoms with Gasteiger partial charge in [0.2, 0.25) is 0 Å². The second kappa shape index (κ2) is 3.18. The van der Waals surface area contributed by atoms with Crippen molar-refractivity contribution < 1.29 is 4.79 Å². The van der Waals surface area contributed by atoms with E-state index in [4.69, 9.17) is 5.73 Å². The molecule has 0 saturated carbocycles. The van der Waals surface area contributed by atoms with Crippen LogP contribution in [0.3, 0.4) is 0 Å². The van der Waals surface area contributed by atoms with Crippen LogP contribution in [0.1, 0.15) is 18.0 Å². The summed E-state index contributed by atoms with van der Waals surface area (Å²) in [5, 5.41) is 3.14. The highest BCUT2D eigenvalue weighted by atomic mass is 16.1. The van der Waals surface area contributed by atoms with E-state index in [-0.39, 0.29) is 11.8 Å². The van der Waals surface area contributed by atoms with Crippen molar-refractivity contribution in [2.75, 3.05) is 12.3 Å². The third-order valence-electron chi connectivity index (χ3n) is 2.29. The Balaban J connectivity index is 2.29. The van der Waals surface area contributed by atoms with Gasteiger partial charge < -0.3 is 11.1 Å². The van der Waals surface area contributed by atoms with E-state index in [1.165, 1.54) is 0 Å². The summed E-state index contributed by atoms with van der Waals surface area (Å²) in [5.74, 6) is 0.255. The molecule has 0 radical (unpaired) electrons. The molecule has 3 nitrogen and oxygen atoms in total. The zero-order valence-corrected chi connectivity index (χ0v) is 7.29. The lowest BCUT2D eigenvalue weighted by Crippen LogP contribution is -2.17. The average Bonchev–Trinajstić information content (AvgIpc) is 2.51. The lowest BCUT2D eigenvalue weighted by atomic mass is 10.0. The van der Waals surface area contributed by atoms with Crippen LogP contribution in [-0.2, 0) is 4.79 Å². The topological polar surface area (TPSA) is 55.1 Å². The van der Waals surface area contributed by atoms with Crippen LogP contribution < -0.4 is 11.1 Å². The monoisotopic (exact) mass is 176 g/mol. The third-order valence-corrected chi connectivity index (χ3v) is 2.29. The van der Waals surface area contributed by atoms with Gasteiger partial charge in [0, 0.05) is 18.7 Å². The van der Waals surface area contributed by atoms with Crippen molar-refractivity contribution in [2.24, 2.45) is 0 Å². The van der Waals surface area contributed by atoms with E-state index < -0.39 is 0 Å². The first kappa shape index (κ1) is 8.26. The summed E-state index contributed by atoms with van der Waals surface area (Å²) >= 11 is 0. The van der Waals surface area contributed by atoms with Gasteiger partial charge in [-0.05, 0) is 17.7 Å². The normalized spacial score (nSPS) is 22.2. The molecule has 3 heteroatoms. The Kier molecular flexibility index (Phi) is 2.02. The first-order valence-corrected chi connectivity index (χ1v) is 4.39. The van der Waals surface area contributed by atoms with Crippen molar-refractivity contribution in [1.29, 1.82) is 0 Å². The lowest BCUT2D eigenvalue weighted by Gasteiger charge is -2.09. The zero-order chi connectivity index (χ0) is 9.26. The van der Waals surface area contributed by atoms with Gasteiger partial charge in [0.05, 0.1) is 6.04 Å². The smallest absolute Gasteiger partial charge is 0.155 e. The van der Waals surface area contributed by atoms with E-state index in [2.05, 4.69) is 5.32 Å². The fourth-order valence-corrected chi connectivity index (χ4v) is 1.64. The Labute approximate surface area is 76.9 Å². The van der Waals surface area contributed by atoms with Crippen LogP contribution in [0.5, 0.6) is 0 Å². The Bertz CT molecular complexity index is 335. The van der Waals surface area contributed by atoms with Crippen molar-refractivity contribution in [3.8, 4) is 0 Å². The molecule has 1 saturated heterocycles. The van der Waals surface area contributed by atoms with Crippen LogP contribution in [0, 0.1) is 0 Å². The van der Waals surface area contributed by atoms with Gasteiger partial charge in [0.15, 0.2) is 5.78 Å². The SMILES string of the molecule is Nc1cccc(C2NCCC2=O)c1. The van der Waals surface area contributed by atoms with Crippen molar-refractivity contribution in [2.45, 2.75) is 12.5 Å². The molecule has 1 aromatic rings. The molecule has 0 aromatic heterocycles. The van der Waals surface area contributed by atoms with Gasteiger partial charge in [-0.15, -0.1) is 0 Å². The Morgan fingerprint density at radius 3 is 2.92 bits per heavy atom. The summed E-state index contributed by atoms with van der Waals surface area (Å²) in [4.78, 5) is 11.4. The number of hydrogen-bond acceptors (Lipinski definition) is 3. The summed E-state index contributed by atoms with van der Waals surface area (Å²) in [6.07, 6.45) is 0.624. The van der Waals surface area contributed by atoms with Gasteiger partial charge in [0.1, 0.15) is 0 Å². The minimum atomic E-state index is -0.136. The summed E-state index contributed by atoms with van der Waals surface area (Å²) in [5.41, 5.74) is 7.31. The second-order valence-corrected chi connectivity index (χ2v) is 3.27. The van der Waals surface area contributed by atoms with Gasteiger partial charge in [-0.3, -0.25) is 4.79 Å². The highest BCUT2D eigenvalue weighted by Gasteiger charge is 2.24. The molecule has 1 fully saturated rings. The largest absolute Gasteiger partial charge is 0.399 e. The number of carbonyl (C=O) groups is 1. The molecule has 1 aromatic carbocycles. The molecule has 1 aliphatic heterocycles. The van der Waals surface area contributed by atoms with E-state index >= 15 is 0 Å². The molecule has 2 rings (SSSR count). The van der Waals surface area contributed by atoms with Crippen LogP contribution in [0.2, 0.25) is 0 Å². The summed E-state index contributed by atoms with van der Waals surface area (Å²) in [6.45, 7) is 0.776. The summed E-state index contributed by atoms with van der Waals surface area (Å²) in [6, 6.07) is 7.34. The number of carbonyl (C=O) groups excluding carboxylic acids is 1. The minimum absolute atomic E-state index is 0.136. The molecule has 13 heavy (non-hydrogen) atoms. The van der Waals surface area contributed by atoms with Gasteiger partial charge in [0.25, 0.3) is 0 Å². The molecule has 68 valence electrons. The van der Waals surface area contributed by atoms with Gasteiger partial charge >= 0.3 is 0 Å². The van der Waals surface area contributed by atoms with E-state index in [0.717, 1.165) is 12.1 Å². The number of nitrogen functional groups attached to an aromatic ring is 1. The molecule has 1 atom stereocenters. The fraction of sp³-hybridized carbons (Fsp3) is 0.300. The molecule has 0 aliphatic carbocycles.